The van der Waals surface area contributed by atoms with E-state index in [1.54, 1.807) is 30.3 Å². The number of rotatable bonds is 6. The Balaban J connectivity index is 2.19. The third-order valence-corrected chi connectivity index (χ3v) is 5.58. The minimum Gasteiger partial charge on any atom is -0.496 e. The molecule has 0 saturated heterocycles. The Morgan fingerprint density at radius 3 is 2.19 bits per heavy atom. The van der Waals surface area contributed by atoms with Crippen molar-refractivity contribution in [2.24, 2.45) is 0 Å². The van der Waals surface area contributed by atoms with Crippen LogP contribution in [0.3, 0.4) is 0 Å². The SMILES string of the molecule is COC(=O)c1cc(CNS(=O)(=O)c2ccc(C(C)(C)C)cc2)ccc1OC. The van der Waals surface area contributed by atoms with Crippen molar-refractivity contribution in [2.45, 2.75) is 37.6 Å². The van der Waals surface area contributed by atoms with E-state index in [1.807, 2.05) is 12.1 Å². The van der Waals surface area contributed by atoms with E-state index in [0.29, 0.717) is 11.3 Å². The van der Waals surface area contributed by atoms with Gasteiger partial charge in [0.15, 0.2) is 0 Å². The van der Waals surface area contributed by atoms with Crippen LogP contribution in [0.1, 0.15) is 42.3 Å². The molecule has 0 aliphatic carbocycles. The summed E-state index contributed by atoms with van der Waals surface area (Å²) in [6.45, 7) is 6.24. The number of sulfonamides is 1. The average Bonchev–Trinajstić information content (AvgIpc) is 2.65. The van der Waals surface area contributed by atoms with Gasteiger partial charge in [0.2, 0.25) is 10.0 Å². The van der Waals surface area contributed by atoms with Crippen LogP contribution in [-0.2, 0) is 26.7 Å². The largest absolute Gasteiger partial charge is 0.496 e. The molecule has 7 heteroatoms. The number of methoxy groups -OCH3 is 2. The first-order chi connectivity index (χ1) is 12.6. The van der Waals surface area contributed by atoms with Gasteiger partial charge >= 0.3 is 5.97 Å². The van der Waals surface area contributed by atoms with Crippen LogP contribution in [-0.4, -0.2) is 28.6 Å². The predicted octanol–water partition coefficient (Wildman–Crippen LogP) is 3.26. The van der Waals surface area contributed by atoms with Gasteiger partial charge < -0.3 is 9.47 Å². The lowest BCUT2D eigenvalue weighted by molar-refractivity contribution is 0.0597. The molecule has 0 atom stereocenters. The minimum absolute atomic E-state index is 0.0390. The number of nitrogens with one attached hydrogen (secondary N) is 1. The van der Waals surface area contributed by atoms with Gasteiger partial charge in [-0.3, -0.25) is 0 Å². The fraction of sp³-hybridized carbons (Fsp3) is 0.350. The van der Waals surface area contributed by atoms with Gasteiger partial charge in [-0.05, 0) is 40.8 Å². The van der Waals surface area contributed by atoms with Gasteiger partial charge in [-0.25, -0.2) is 17.9 Å². The summed E-state index contributed by atoms with van der Waals surface area (Å²) in [7, 11) is -0.947. The molecule has 0 aliphatic heterocycles. The van der Waals surface area contributed by atoms with Crippen molar-refractivity contribution in [1.29, 1.82) is 0 Å². The molecule has 0 aromatic heterocycles. The molecule has 0 heterocycles. The zero-order chi connectivity index (χ0) is 20.2. The van der Waals surface area contributed by atoms with Crippen LogP contribution in [0.5, 0.6) is 5.75 Å². The molecule has 6 nitrogen and oxygen atoms in total. The Morgan fingerprint density at radius 2 is 1.67 bits per heavy atom. The van der Waals surface area contributed by atoms with Crippen molar-refractivity contribution >= 4 is 16.0 Å². The summed E-state index contributed by atoms with van der Waals surface area (Å²) < 4.78 is 37.5. The van der Waals surface area contributed by atoms with Gasteiger partial charge in [0, 0.05) is 6.54 Å². The fourth-order valence-corrected chi connectivity index (χ4v) is 3.55. The molecule has 0 unspecified atom stereocenters. The summed E-state index contributed by atoms with van der Waals surface area (Å²) in [5.74, 6) is -0.180. The van der Waals surface area contributed by atoms with E-state index in [-0.39, 0.29) is 22.4 Å². The van der Waals surface area contributed by atoms with Crippen molar-refractivity contribution in [1.82, 2.24) is 4.72 Å². The molecule has 0 amide bonds. The Bertz CT molecular complexity index is 912. The molecule has 146 valence electrons. The molecule has 2 aromatic rings. The summed E-state index contributed by atoms with van der Waals surface area (Å²) >= 11 is 0. The second-order valence-electron chi connectivity index (χ2n) is 7.13. The first-order valence-electron chi connectivity index (χ1n) is 8.44. The van der Waals surface area contributed by atoms with Crippen LogP contribution in [0.2, 0.25) is 0 Å². The maximum absolute atomic E-state index is 12.5. The van der Waals surface area contributed by atoms with Gasteiger partial charge in [0.1, 0.15) is 11.3 Å². The standard InChI is InChI=1S/C20H25NO5S/c1-20(2,3)15-7-9-16(10-8-15)27(23,24)21-13-14-6-11-18(25-4)17(12-14)19(22)26-5/h6-12,21H,13H2,1-5H3. The fourth-order valence-electron chi connectivity index (χ4n) is 2.53. The highest BCUT2D eigenvalue weighted by molar-refractivity contribution is 7.89. The second kappa shape index (κ2) is 8.10. The third-order valence-electron chi connectivity index (χ3n) is 4.17. The lowest BCUT2D eigenvalue weighted by Crippen LogP contribution is -2.23. The first kappa shape index (κ1) is 20.9. The van der Waals surface area contributed by atoms with Crippen molar-refractivity contribution in [3.05, 3.63) is 59.2 Å². The van der Waals surface area contributed by atoms with E-state index in [9.17, 15) is 13.2 Å². The molecule has 0 aliphatic rings. The molecule has 2 rings (SSSR count). The van der Waals surface area contributed by atoms with Gasteiger partial charge in [-0.2, -0.15) is 0 Å². The zero-order valence-corrected chi connectivity index (χ0v) is 17.0. The van der Waals surface area contributed by atoms with E-state index >= 15 is 0 Å². The van der Waals surface area contributed by atoms with E-state index < -0.39 is 16.0 Å². The quantitative estimate of drug-likeness (QED) is 0.765. The molecule has 27 heavy (non-hydrogen) atoms. The number of hydrogen-bond acceptors (Lipinski definition) is 5. The van der Waals surface area contributed by atoms with Crippen molar-refractivity contribution in [3.8, 4) is 5.75 Å². The smallest absolute Gasteiger partial charge is 0.341 e. The predicted molar refractivity (Wildman–Crippen MR) is 104 cm³/mol. The van der Waals surface area contributed by atoms with Gasteiger partial charge in [-0.1, -0.05) is 39.0 Å². The van der Waals surface area contributed by atoms with E-state index in [0.717, 1.165) is 5.56 Å². The number of ether oxygens (including phenoxy) is 2. The Hall–Kier alpha value is -2.38. The highest BCUT2D eigenvalue weighted by Crippen LogP contribution is 2.24. The molecular formula is C20H25NO5S. The molecule has 2 aromatic carbocycles. The third kappa shape index (κ3) is 5.08. The van der Waals surface area contributed by atoms with Crippen molar-refractivity contribution in [2.75, 3.05) is 14.2 Å². The van der Waals surface area contributed by atoms with Gasteiger partial charge in [0.25, 0.3) is 0 Å². The van der Waals surface area contributed by atoms with Crippen molar-refractivity contribution in [3.63, 3.8) is 0 Å². The zero-order valence-electron chi connectivity index (χ0n) is 16.2. The maximum Gasteiger partial charge on any atom is 0.341 e. The van der Waals surface area contributed by atoms with Crippen LogP contribution in [0.4, 0.5) is 0 Å². The highest BCUT2D eigenvalue weighted by atomic mass is 32.2. The molecule has 0 radical (unpaired) electrons. The van der Waals surface area contributed by atoms with Gasteiger partial charge in [-0.15, -0.1) is 0 Å². The number of carbonyl (C=O) groups is 1. The molecule has 0 fully saturated rings. The molecule has 0 saturated carbocycles. The highest BCUT2D eigenvalue weighted by Gasteiger charge is 2.18. The number of carbonyl (C=O) groups excluding carboxylic acids is 1. The van der Waals surface area contributed by atoms with Crippen LogP contribution >= 0.6 is 0 Å². The summed E-state index contributed by atoms with van der Waals surface area (Å²) in [5, 5.41) is 0. The van der Waals surface area contributed by atoms with Crippen LogP contribution in [0, 0.1) is 0 Å². The van der Waals surface area contributed by atoms with Crippen LogP contribution in [0.15, 0.2) is 47.4 Å². The lowest BCUT2D eigenvalue weighted by atomic mass is 9.87. The van der Waals surface area contributed by atoms with Crippen LogP contribution in [0.25, 0.3) is 0 Å². The molecule has 0 spiro atoms. The second-order valence-corrected chi connectivity index (χ2v) is 8.89. The Morgan fingerprint density at radius 1 is 1.04 bits per heavy atom. The average molecular weight is 391 g/mol. The maximum atomic E-state index is 12.5. The number of esters is 1. The normalized spacial score (nSPS) is 11.9. The minimum atomic E-state index is -3.67. The Kier molecular flexibility index (Phi) is 6.28. The van der Waals surface area contributed by atoms with Crippen LogP contribution < -0.4 is 9.46 Å². The number of benzene rings is 2. The molecule has 1 N–H and O–H groups in total. The first-order valence-corrected chi connectivity index (χ1v) is 9.92. The Labute approximate surface area is 160 Å². The van der Waals surface area contributed by atoms with E-state index in [1.165, 1.54) is 14.2 Å². The summed E-state index contributed by atoms with van der Waals surface area (Å²) in [4.78, 5) is 12.0. The number of hydrogen-bond donors (Lipinski definition) is 1. The molecule has 0 bridgehead atoms. The summed E-state index contributed by atoms with van der Waals surface area (Å²) in [6, 6.07) is 11.7. The lowest BCUT2D eigenvalue weighted by Gasteiger charge is -2.19. The van der Waals surface area contributed by atoms with Crippen molar-refractivity contribution < 1.29 is 22.7 Å². The van der Waals surface area contributed by atoms with E-state index in [4.69, 9.17) is 9.47 Å². The van der Waals surface area contributed by atoms with Gasteiger partial charge in [0.05, 0.1) is 19.1 Å². The van der Waals surface area contributed by atoms with E-state index in [2.05, 4.69) is 25.5 Å². The topological polar surface area (TPSA) is 81.7 Å². The summed E-state index contributed by atoms with van der Waals surface area (Å²) in [5.41, 5.74) is 1.86. The monoisotopic (exact) mass is 391 g/mol. The summed E-state index contributed by atoms with van der Waals surface area (Å²) in [6.07, 6.45) is 0. The molecular weight excluding hydrogens is 366 g/mol.